The van der Waals surface area contributed by atoms with E-state index in [1.165, 1.54) is 25.7 Å². The summed E-state index contributed by atoms with van der Waals surface area (Å²) in [6.07, 6.45) is 7.89. The van der Waals surface area contributed by atoms with Crippen LogP contribution in [-0.4, -0.2) is 28.3 Å². The molecule has 0 radical (unpaired) electrons. The number of hydrogen-bond donors (Lipinski definition) is 0. The summed E-state index contributed by atoms with van der Waals surface area (Å²) in [4.78, 5) is 2.14. The Bertz CT molecular complexity index is 384. The van der Waals surface area contributed by atoms with Crippen molar-refractivity contribution in [1.29, 1.82) is 5.26 Å². The third-order valence-corrected chi connectivity index (χ3v) is 3.40. The first-order valence-corrected chi connectivity index (χ1v) is 6.39. The molecule has 0 unspecified atom stereocenters. The molecular weight excluding hydrogens is 212 g/mol. The Morgan fingerprint density at radius 3 is 3.00 bits per heavy atom. The zero-order chi connectivity index (χ0) is 12.1. The molecule has 0 N–H and O–H groups in total. The summed E-state index contributed by atoms with van der Waals surface area (Å²) in [5.74, 6) is 0. The van der Waals surface area contributed by atoms with Crippen molar-refractivity contribution in [1.82, 2.24) is 14.7 Å². The van der Waals surface area contributed by atoms with E-state index >= 15 is 0 Å². The minimum atomic E-state index is 0.583. The van der Waals surface area contributed by atoms with Crippen LogP contribution >= 0.6 is 0 Å². The maximum Gasteiger partial charge on any atom is 0.0764 e. The van der Waals surface area contributed by atoms with Gasteiger partial charge in [0.15, 0.2) is 0 Å². The van der Waals surface area contributed by atoms with Crippen LogP contribution in [0.2, 0.25) is 0 Å². The lowest BCUT2D eigenvalue weighted by Crippen LogP contribution is -2.19. The summed E-state index contributed by atoms with van der Waals surface area (Å²) < 4.78 is 2.13. The van der Waals surface area contributed by atoms with E-state index in [0.29, 0.717) is 12.5 Å². The van der Waals surface area contributed by atoms with Crippen LogP contribution in [0, 0.1) is 11.3 Å². The molecule has 4 nitrogen and oxygen atoms in total. The second-order valence-electron chi connectivity index (χ2n) is 4.87. The zero-order valence-corrected chi connectivity index (χ0v) is 10.5. The SMILES string of the molecule is CN(CCC#N)Cc1ccn(C2CCCC2)n1. The van der Waals surface area contributed by atoms with Gasteiger partial charge in [-0.2, -0.15) is 10.4 Å². The number of aromatic nitrogens is 2. The Labute approximate surface area is 103 Å². The Morgan fingerprint density at radius 2 is 2.29 bits per heavy atom. The summed E-state index contributed by atoms with van der Waals surface area (Å²) in [6, 6.07) is 4.88. The predicted octanol–water partition coefficient (Wildman–Crippen LogP) is 2.34. The fourth-order valence-electron chi connectivity index (χ4n) is 2.43. The van der Waals surface area contributed by atoms with Crippen LogP contribution in [0.3, 0.4) is 0 Å². The smallest absolute Gasteiger partial charge is 0.0764 e. The van der Waals surface area contributed by atoms with Gasteiger partial charge in [0.05, 0.1) is 17.8 Å². The normalized spacial score (nSPS) is 16.5. The van der Waals surface area contributed by atoms with E-state index in [-0.39, 0.29) is 0 Å². The molecule has 1 aromatic heterocycles. The number of rotatable bonds is 5. The van der Waals surface area contributed by atoms with Gasteiger partial charge in [-0.3, -0.25) is 9.58 Å². The third kappa shape index (κ3) is 3.31. The largest absolute Gasteiger partial charge is 0.299 e. The Morgan fingerprint density at radius 1 is 1.53 bits per heavy atom. The van der Waals surface area contributed by atoms with E-state index in [2.05, 4.69) is 33.0 Å². The van der Waals surface area contributed by atoms with Gasteiger partial charge in [-0.05, 0) is 26.0 Å². The molecule has 17 heavy (non-hydrogen) atoms. The van der Waals surface area contributed by atoms with Crippen LogP contribution in [0.1, 0.15) is 43.8 Å². The highest BCUT2D eigenvalue weighted by Crippen LogP contribution is 2.28. The maximum atomic E-state index is 8.53. The highest BCUT2D eigenvalue weighted by atomic mass is 15.3. The molecule has 4 heteroatoms. The van der Waals surface area contributed by atoms with Crippen molar-refractivity contribution >= 4 is 0 Å². The van der Waals surface area contributed by atoms with Crippen LogP contribution < -0.4 is 0 Å². The maximum absolute atomic E-state index is 8.53. The van der Waals surface area contributed by atoms with Gasteiger partial charge in [0, 0.05) is 25.7 Å². The lowest BCUT2D eigenvalue weighted by atomic mass is 10.3. The van der Waals surface area contributed by atoms with Gasteiger partial charge < -0.3 is 0 Å². The van der Waals surface area contributed by atoms with Gasteiger partial charge in [0.25, 0.3) is 0 Å². The van der Waals surface area contributed by atoms with Crippen molar-refractivity contribution in [2.45, 2.75) is 44.7 Å². The predicted molar refractivity (Wildman–Crippen MR) is 66.3 cm³/mol. The van der Waals surface area contributed by atoms with Crippen LogP contribution in [0.5, 0.6) is 0 Å². The van der Waals surface area contributed by atoms with Crippen molar-refractivity contribution in [2.75, 3.05) is 13.6 Å². The first kappa shape index (κ1) is 12.1. The summed E-state index contributed by atoms with van der Waals surface area (Å²) in [7, 11) is 2.03. The molecule has 0 atom stereocenters. The summed E-state index contributed by atoms with van der Waals surface area (Å²) >= 11 is 0. The van der Waals surface area contributed by atoms with Gasteiger partial charge in [0.1, 0.15) is 0 Å². The topological polar surface area (TPSA) is 44.9 Å². The summed E-state index contributed by atoms with van der Waals surface area (Å²) in [5.41, 5.74) is 1.11. The van der Waals surface area contributed by atoms with E-state index in [1.54, 1.807) is 0 Å². The summed E-state index contributed by atoms with van der Waals surface area (Å²) in [6.45, 7) is 1.65. The van der Waals surface area contributed by atoms with Crippen molar-refractivity contribution in [2.24, 2.45) is 0 Å². The van der Waals surface area contributed by atoms with Crippen molar-refractivity contribution < 1.29 is 0 Å². The van der Waals surface area contributed by atoms with E-state index in [1.807, 2.05) is 7.05 Å². The van der Waals surface area contributed by atoms with Crippen molar-refractivity contribution in [3.8, 4) is 6.07 Å². The van der Waals surface area contributed by atoms with Crippen LogP contribution in [0.15, 0.2) is 12.3 Å². The molecule has 0 bridgehead atoms. The molecule has 92 valence electrons. The molecule has 0 spiro atoms. The van der Waals surface area contributed by atoms with Gasteiger partial charge in [-0.25, -0.2) is 0 Å². The minimum Gasteiger partial charge on any atom is -0.299 e. The van der Waals surface area contributed by atoms with E-state index in [4.69, 9.17) is 5.26 Å². The van der Waals surface area contributed by atoms with E-state index < -0.39 is 0 Å². The third-order valence-electron chi connectivity index (χ3n) is 3.40. The Balaban J connectivity index is 1.87. The highest BCUT2D eigenvalue weighted by Gasteiger charge is 2.17. The molecule has 1 aromatic rings. The lowest BCUT2D eigenvalue weighted by molar-refractivity contribution is 0.327. The molecule has 1 saturated carbocycles. The van der Waals surface area contributed by atoms with Crippen LogP contribution in [0.4, 0.5) is 0 Å². The number of nitriles is 1. The molecule has 0 aromatic carbocycles. The second-order valence-corrected chi connectivity index (χ2v) is 4.87. The fourth-order valence-corrected chi connectivity index (χ4v) is 2.43. The highest BCUT2D eigenvalue weighted by molar-refractivity contribution is 5.00. The van der Waals surface area contributed by atoms with Crippen LogP contribution in [-0.2, 0) is 6.54 Å². The molecule has 1 aliphatic rings. The summed E-state index contributed by atoms with van der Waals surface area (Å²) in [5, 5.41) is 13.2. The molecule has 1 heterocycles. The number of nitrogens with zero attached hydrogens (tertiary/aromatic N) is 4. The fraction of sp³-hybridized carbons (Fsp3) is 0.692. The Hall–Kier alpha value is -1.34. The monoisotopic (exact) mass is 232 g/mol. The van der Waals surface area contributed by atoms with Gasteiger partial charge in [-0.15, -0.1) is 0 Å². The first-order valence-electron chi connectivity index (χ1n) is 6.39. The van der Waals surface area contributed by atoms with Gasteiger partial charge >= 0.3 is 0 Å². The second kappa shape index (κ2) is 5.83. The standard InChI is InChI=1S/C13H20N4/c1-16(9-4-8-14)11-12-7-10-17(15-12)13-5-2-3-6-13/h7,10,13H,2-6,9,11H2,1H3. The lowest BCUT2D eigenvalue weighted by Gasteiger charge is -2.13. The van der Waals surface area contributed by atoms with Crippen LogP contribution in [0.25, 0.3) is 0 Å². The average Bonchev–Trinajstić information content (AvgIpc) is 2.95. The number of hydrogen-bond acceptors (Lipinski definition) is 3. The van der Waals surface area contributed by atoms with E-state index in [9.17, 15) is 0 Å². The average molecular weight is 232 g/mol. The molecule has 1 aliphatic carbocycles. The van der Waals surface area contributed by atoms with Crippen molar-refractivity contribution in [3.05, 3.63) is 18.0 Å². The molecule has 2 rings (SSSR count). The molecule has 0 aliphatic heterocycles. The van der Waals surface area contributed by atoms with Gasteiger partial charge in [-0.1, -0.05) is 12.8 Å². The Kier molecular flexibility index (Phi) is 4.16. The first-order chi connectivity index (χ1) is 8.29. The molecule has 0 saturated heterocycles. The molecular formula is C13H20N4. The van der Waals surface area contributed by atoms with E-state index in [0.717, 1.165) is 18.8 Å². The quantitative estimate of drug-likeness (QED) is 0.782. The van der Waals surface area contributed by atoms with Crippen molar-refractivity contribution in [3.63, 3.8) is 0 Å². The molecule has 0 amide bonds. The minimum absolute atomic E-state index is 0.583. The molecule has 1 fully saturated rings. The zero-order valence-electron chi connectivity index (χ0n) is 10.5. The van der Waals surface area contributed by atoms with Gasteiger partial charge in [0.2, 0.25) is 0 Å².